The van der Waals surface area contributed by atoms with Crippen LogP contribution in [0.2, 0.25) is 0 Å². The van der Waals surface area contributed by atoms with Crippen molar-refractivity contribution < 1.29 is 19.0 Å². The third kappa shape index (κ3) is 3.96. The molecule has 1 aliphatic heterocycles. The highest BCUT2D eigenvalue weighted by Crippen LogP contribution is 2.34. The quantitative estimate of drug-likeness (QED) is 0.411. The molecule has 0 amide bonds. The minimum Gasteiger partial charge on any atom is -0.469 e. The lowest BCUT2D eigenvalue weighted by Gasteiger charge is -2.20. The second kappa shape index (κ2) is 8.82. The van der Waals surface area contributed by atoms with Crippen LogP contribution in [0, 0.1) is 0 Å². The van der Waals surface area contributed by atoms with Crippen LogP contribution < -0.4 is 15.0 Å². The van der Waals surface area contributed by atoms with E-state index in [0.29, 0.717) is 29.9 Å². The number of carbonyl (C=O) groups excluding carboxylic acids is 1. The molecule has 2 heterocycles. The molecular weight excluding hydrogens is 418 g/mol. The Balaban J connectivity index is 1.73. The average molecular weight is 441 g/mol. The second-order valence-corrected chi connectivity index (χ2v) is 7.89. The Hall–Kier alpha value is -4.06. The molecule has 0 fully saturated rings. The molecule has 5 rings (SSSR count). The Kier molecular flexibility index (Phi) is 5.57. The topological polar surface area (TPSA) is 66.8 Å². The Morgan fingerprint density at radius 1 is 0.939 bits per heavy atom. The number of esters is 1. The van der Waals surface area contributed by atoms with E-state index in [-0.39, 0.29) is 24.7 Å². The number of ether oxygens (including phenoxy) is 3. The molecule has 1 aliphatic rings. The van der Waals surface area contributed by atoms with Crippen LogP contribution in [-0.4, -0.2) is 24.4 Å². The number of methoxy groups -OCH3 is 1. The summed E-state index contributed by atoms with van der Waals surface area (Å²) in [6, 6.07) is 23.3. The van der Waals surface area contributed by atoms with Gasteiger partial charge in [0, 0.05) is 16.6 Å². The number of benzene rings is 3. The van der Waals surface area contributed by atoms with Crippen molar-refractivity contribution in [2.75, 3.05) is 13.9 Å². The van der Waals surface area contributed by atoms with Gasteiger partial charge in [-0.15, -0.1) is 0 Å². The van der Waals surface area contributed by atoms with Crippen LogP contribution in [0.25, 0.3) is 21.9 Å². The van der Waals surface area contributed by atoms with Gasteiger partial charge in [-0.05, 0) is 41.1 Å². The van der Waals surface area contributed by atoms with Crippen molar-refractivity contribution >= 4 is 16.7 Å². The molecule has 166 valence electrons. The van der Waals surface area contributed by atoms with Crippen LogP contribution in [0.4, 0.5) is 0 Å². The summed E-state index contributed by atoms with van der Waals surface area (Å²) < 4.78 is 17.6. The molecule has 6 heteroatoms. The maximum absolute atomic E-state index is 13.7. The fourth-order valence-electron chi connectivity index (χ4n) is 4.34. The summed E-state index contributed by atoms with van der Waals surface area (Å²) in [5.74, 6) is 1.05. The molecule has 0 spiro atoms. The number of carbonyl (C=O) groups is 1. The third-order valence-electron chi connectivity index (χ3n) is 5.92. The van der Waals surface area contributed by atoms with Gasteiger partial charge in [-0.2, -0.15) is 0 Å². The highest BCUT2D eigenvalue weighted by molar-refractivity contribution is 5.97. The zero-order valence-corrected chi connectivity index (χ0v) is 18.2. The van der Waals surface area contributed by atoms with Crippen LogP contribution in [-0.2, 0) is 22.5 Å². The van der Waals surface area contributed by atoms with E-state index < -0.39 is 0 Å². The number of nitrogens with zero attached hydrogens (tertiary/aromatic N) is 1. The summed E-state index contributed by atoms with van der Waals surface area (Å²) in [5, 5.41) is 1.51. The zero-order chi connectivity index (χ0) is 22.8. The lowest BCUT2D eigenvalue weighted by Crippen LogP contribution is -2.26. The number of fused-ring (bicyclic) bond motifs is 2. The molecule has 6 nitrogen and oxygen atoms in total. The van der Waals surface area contributed by atoms with Crippen LogP contribution >= 0.6 is 0 Å². The van der Waals surface area contributed by atoms with Gasteiger partial charge in [-0.25, -0.2) is 0 Å². The molecule has 0 aliphatic carbocycles. The molecular formula is C27H23NO5. The molecule has 3 aromatic carbocycles. The van der Waals surface area contributed by atoms with Crippen molar-refractivity contribution in [3.8, 4) is 22.6 Å². The van der Waals surface area contributed by atoms with Crippen molar-refractivity contribution in [1.29, 1.82) is 0 Å². The number of hydrogen-bond donors (Lipinski definition) is 0. The van der Waals surface area contributed by atoms with Gasteiger partial charge in [0.2, 0.25) is 6.79 Å². The van der Waals surface area contributed by atoms with Crippen LogP contribution in [0.3, 0.4) is 0 Å². The van der Waals surface area contributed by atoms with E-state index in [1.807, 2.05) is 72.8 Å². The predicted octanol–water partition coefficient (Wildman–Crippen LogP) is 4.55. The summed E-state index contributed by atoms with van der Waals surface area (Å²) in [5.41, 5.74) is 3.56. The van der Waals surface area contributed by atoms with Gasteiger partial charge in [0.1, 0.15) is 0 Å². The van der Waals surface area contributed by atoms with E-state index in [9.17, 15) is 9.59 Å². The highest BCUT2D eigenvalue weighted by atomic mass is 16.7. The summed E-state index contributed by atoms with van der Waals surface area (Å²) in [7, 11) is 1.38. The number of hydrogen-bond acceptors (Lipinski definition) is 5. The van der Waals surface area contributed by atoms with Gasteiger partial charge in [0.05, 0.1) is 20.1 Å². The first-order valence-corrected chi connectivity index (χ1v) is 10.8. The van der Waals surface area contributed by atoms with E-state index in [1.54, 1.807) is 4.57 Å². The van der Waals surface area contributed by atoms with Crippen LogP contribution in [0.15, 0.2) is 77.6 Å². The van der Waals surface area contributed by atoms with Crippen molar-refractivity contribution in [3.05, 3.63) is 94.4 Å². The first kappa shape index (κ1) is 20.8. The van der Waals surface area contributed by atoms with Crippen LogP contribution in [0.5, 0.6) is 11.5 Å². The van der Waals surface area contributed by atoms with Gasteiger partial charge in [-0.3, -0.25) is 9.59 Å². The van der Waals surface area contributed by atoms with Crippen molar-refractivity contribution in [1.82, 2.24) is 4.57 Å². The summed E-state index contributed by atoms with van der Waals surface area (Å²) in [6.07, 6.45) is 0.552. The lowest BCUT2D eigenvalue weighted by atomic mass is 9.94. The molecule has 0 radical (unpaired) electrons. The first-order chi connectivity index (χ1) is 16.2. The molecule has 4 aromatic rings. The SMILES string of the molecule is COC(=O)CCc1c(-c2ccccc2)c2ccccc2c(=O)n1Cc1ccc2c(c1)OCO2. The van der Waals surface area contributed by atoms with Crippen molar-refractivity contribution in [2.45, 2.75) is 19.4 Å². The second-order valence-electron chi connectivity index (χ2n) is 7.89. The largest absolute Gasteiger partial charge is 0.469 e. The summed E-state index contributed by atoms with van der Waals surface area (Å²) in [4.78, 5) is 25.7. The molecule has 0 bridgehead atoms. The van der Waals surface area contributed by atoms with Gasteiger partial charge in [0.15, 0.2) is 11.5 Å². The lowest BCUT2D eigenvalue weighted by molar-refractivity contribution is -0.140. The Morgan fingerprint density at radius 3 is 2.45 bits per heavy atom. The fourth-order valence-corrected chi connectivity index (χ4v) is 4.34. The molecule has 0 N–H and O–H groups in total. The zero-order valence-electron chi connectivity index (χ0n) is 18.2. The van der Waals surface area contributed by atoms with E-state index in [4.69, 9.17) is 14.2 Å². The monoisotopic (exact) mass is 441 g/mol. The van der Waals surface area contributed by atoms with E-state index in [0.717, 1.165) is 27.8 Å². The van der Waals surface area contributed by atoms with E-state index in [2.05, 4.69) is 0 Å². The maximum Gasteiger partial charge on any atom is 0.305 e. The number of aromatic nitrogens is 1. The Labute approximate surface area is 191 Å². The third-order valence-corrected chi connectivity index (χ3v) is 5.92. The summed E-state index contributed by atoms with van der Waals surface area (Å²) in [6.45, 7) is 0.536. The van der Waals surface area contributed by atoms with Gasteiger partial charge < -0.3 is 18.8 Å². The molecule has 33 heavy (non-hydrogen) atoms. The normalized spacial score (nSPS) is 12.2. The molecule has 0 atom stereocenters. The Morgan fingerprint density at radius 2 is 1.67 bits per heavy atom. The average Bonchev–Trinajstić information content (AvgIpc) is 3.33. The number of rotatable bonds is 6. The maximum atomic E-state index is 13.7. The summed E-state index contributed by atoms with van der Waals surface area (Å²) >= 11 is 0. The highest BCUT2D eigenvalue weighted by Gasteiger charge is 2.20. The van der Waals surface area contributed by atoms with Crippen molar-refractivity contribution in [2.24, 2.45) is 0 Å². The predicted molar refractivity (Wildman–Crippen MR) is 126 cm³/mol. The van der Waals surface area contributed by atoms with Crippen molar-refractivity contribution in [3.63, 3.8) is 0 Å². The van der Waals surface area contributed by atoms with Gasteiger partial charge in [0.25, 0.3) is 5.56 Å². The van der Waals surface area contributed by atoms with Crippen LogP contribution in [0.1, 0.15) is 17.7 Å². The van der Waals surface area contributed by atoms with E-state index >= 15 is 0 Å². The molecule has 0 unspecified atom stereocenters. The molecule has 0 saturated carbocycles. The van der Waals surface area contributed by atoms with E-state index in [1.165, 1.54) is 7.11 Å². The fraction of sp³-hybridized carbons (Fsp3) is 0.185. The number of pyridine rings is 1. The smallest absolute Gasteiger partial charge is 0.305 e. The molecule has 0 saturated heterocycles. The Bertz CT molecular complexity index is 1390. The first-order valence-electron chi connectivity index (χ1n) is 10.8. The minimum atomic E-state index is -0.316. The van der Waals surface area contributed by atoms with Gasteiger partial charge in [-0.1, -0.05) is 54.6 Å². The minimum absolute atomic E-state index is 0.0946. The standard InChI is InChI=1S/C27H23NO5/c1-31-25(29)14-12-22-26(19-7-3-2-4-8-19)20-9-5-6-10-21(20)27(30)28(22)16-18-11-13-23-24(15-18)33-17-32-23/h2-11,13,15H,12,14,16-17H2,1H3. The molecule has 1 aromatic heterocycles. The van der Waals surface area contributed by atoms with Gasteiger partial charge >= 0.3 is 5.97 Å².